The zero-order valence-corrected chi connectivity index (χ0v) is 25.7. The van der Waals surface area contributed by atoms with Gasteiger partial charge < -0.3 is 20.9 Å². The van der Waals surface area contributed by atoms with Crippen LogP contribution < -0.4 is 16.0 Å². The molecule has 1 saturated carbocycles. The molecule has 3 aromatic rings. The molecule has 3 N–H and O–H groups in total. The molecule has 0 bridgehead atoms. The van der Waals surface area contributed by atoms with Crippen molar-refractivity contribution in [2.75, 3.05) is 19.6 Å². The Kier molecular flexibility index (Phi) is 10.5. The van der Waals surface area contributed by atoms with Crippen molar-refractivity contribution in [3.05, 3.63) is 107 Å². The number of likely N-dealkylation sites (tertiary alicyclic amines) is 1. The third-order valence-corrected chi connectivity index (χ3v) is 9.16. The molecule has 9 heteroatoms. The molecular formula is C36H42F2N4O3. The molecular weight excluding hydrogens is 574 g/mol. The second-order valence-corrected chi connectivity index (χ2v) is 12.4. The van der Waals surface area contributed by atoms with E-state index in [0.717, 1.165) is 37.0 Å². The molecule has 3 unspecified atom stereocenters. The maximum Gasteiger partial charge on any atom is 0.315 e. The second-order valence-electron chi connectivity index (χ2n) is 12.4. The summed E-state index contributed by atoms with van der Waals surface area (Å²) in [6, 6.07) is 21.9. The van der Waals surface area contributed by atoms with Gasteiger partial charge >= 0.3 is 6.03 Å². The Morgan fingerprint density at radius 1 is 0.933 bits per heavy atom. The Balaban J connectivity index is 1.33. The number of nitrogens with one attached hydrogen (secondary N) is 3. The van der Waals surface area contributed by atoms with Crippen LogP contribution in [-0.2, 0) is 22.4 Å². The molecule has 2 fully saturated rings. The van der Waals surface area contributed by atoms with Gasteiger partial charge in [-0.1, -0.05) is 66.7 Å². The highest BCUT2D eigenvalue weighted by Crippen LogP contribution is 2.36. The van der Waals surface area contributed by atoms with Crippen LogP contribution in [0.2, 0.25) is 0 Å². The SMILES string of the molecule is CCNC(=O)[C@]1(Cc2ccccc2)CCCN(C(=O)C(Cc2ccc(F)c(F)c2)NC(=O)NC2CCC(c3ccccc3)C2)C1. The number of piperidine rings is 1. The Labute approximate surface area is 263 Å². The van der Waals surface area contributed by atoms with E-state index in [1.165, 1.54) is 11.6 Å². The first-order chi connectivity index (χ1) is 21.8. The predicted octanol–water partition coefficient (Wildman–Crippen LogP) is 5.50. The van der Waals surface area contributed by atoms with Gasteiger partial charge in [0.2, 0.25) is 11.8 Å². The predicted molar refractivity (Wildman–Crippen MR) is 169 cm³/mol. The molecule has 1 aliphatic heterocycles. The molecule has 4 amide bonds. The summed E-state index contributed by atoms with van der Waals surface area (Å²) in [5.74, 6) is -2.12. The van der Waals surface area contributed by atoms with Crippen LogP contribution in [0.5, 0.6) is 0 Å². The smallest absolute Gasteiger partial charge is 0.315 e. The molecule has 1 heterocycles. The third kappa shape index (κ3) is 8.07. The van der Waals surface area contributed by atoms with Crippen molar-refractivity contribution in [3.63, 3.8) is 0 Å². The molecule has 45 heavy (non-hydrogen) atoms. The first-order valence-corrected chi connectivity index (χ1v) is 15.9. The Bertz CT molecular complexity index is 1470. The van der Waals surface area contributed by atoms with Gasteiger partial charge in [0.15, 0.2) is 11.6 Å². The van der Waals surface area contributed by atoms with Crippen molar-refractivity contribution in [2.45, 2.75) is 69.9 Å². The number of hydrogen-bond acceptors (Lipinski definition) is 3. The van der Waals surface area contributed by atoms with Gasteiger partial charge in [-0.05, 0) is 80.2 Å². The number of carbonyl (C=O) groups is 3. The maximum atomic E-state index is 14.2. The number of carbonyl (C=O) groups excluding carboxylic acids is 3. The van der Waals surface area contributed by atoms with E-state index in [9.17, 15) is 23.2 Å². The van der Waals surface area contributed by atoms with Gasteiger partial charge in [-0.2, -0.15) is 0 Å². The van der Waals surface area contributed by atoms with Crippen molar-refractivity contribution in [2.24, 2.45) is 5.41 Å². The van der Waals surface area contributed by atoms with Gasteiger partial charge in [0.25, 0.3) is 0 Å². The lowest BCUT2D eigenvalue weighted by Gasteiger charge is -2.43. The van der Waals surface area contributed by atoms with Gasteiger partial charge in [-0.15, -0.1) is 0 Å². The van der Waals surface area contributed by atoms with Crippen LogP contribution in [0.25, 0.3) is 0 Å². The molecule has 238 valence electrons. The van der Waals surface area contributed by atoms with E-state index in [0.29, 0.717) is 43.8 Å². The Morgan fingerprint density at radius 2 is 1.67 bits per heavy atom. The minimum absolute atomic E-state index is 0.0237. The number of halogens is 2. The summed E-state index contributed by atoms with van der Waals surface area (Å²) in [5.41, 5.74) is 1.79. The Hall–Kier alpha value is -4.27. The van der Waals surface area contributed by atoms with Gasteiger partial charge in [0.1, 0.15) is 6.04 Å². The van der Waals surface area contributed by atoms with Gasteiger partial charge in [0, 0.05) is 32.1 Å². The minimum Gasteiger partial charge on any atom is -0.356 e. The van der Waals surface area contributed by atoms with E-state index in [-0.39, 0.29) is 30.8 Å². The summed E-state index contributed by atoms with van der Waals surface area (Å²) < 4.78 is 27.9. The molecule has 4 atom stereocenters. The van der Waals surface area contributed by atoms with Crippen molar-refractivity contribution < 1.29 is 23.2 Å². The summed E-state index contributed by atoms with van der Waals surface area (Å²) in [6.45, 7) is 2.95. The quantitative estimate of drug-likeness (QED) is 0.281. The molecule has 7 nitrogen and oxygen atoms in total. The molecule has 0 spiro atoms. The summed E-state index contributed by atoms with van der Waals surface area (Å²) in [5, 5.41) is 8.86. The zero-order chi connectivity index (χ0) is 31.8. The lowest BCUT2D eigenvalue weighted by molar-refractivity contribution is -0.142. The van der Waals surface area contributed by atoms with Crippen molar-refractivity contribution >= 4 is 17.8 Å². The number of hydrogen-bond donors (Lipinski definition) is 3. The highest BCUT2D eigenvalue weighted by Gasteiger charge is 2.44. The molecule has 1 saturated heterocycles. The summed E-state index contributed by atoms with van der Waals surface area (Å²) in [4.78, 5) is 42.7. The van der Waals surface area contributed by atoms with Crippen LogP contribution in [0.15, 0.2) is 78.9 Å². The third-order valence-electron chi connectivity index (χ3n) is 9.16. The van der Waals surface area contributed by atoms with Crippen LogP contribution in [0.3, 0.4) is 0 Å². The average Bonchev–Trinajstić information content (AvgIpc) is 3.51. The summed E-state index contributed by atoms with van der Waals surface area (Å²) in [6.07, 6.45) is 4.23. The van der Waals surface area contributed by atoms with E-state index in [2.05, 4.69) is 28.1 Å². The van der Waals surface area contributed by atoms with E-state index in [1.807, 2.05) is 55.5 Å². The fraction of sp³-hybridized carbons (Fsp3) is 0.417. The van der Waals surface area contributed by atoms with E-state index >= 15 is 0 Å². The van der Waals surface area contributed by atoms with Gasteiger partial charge in [0.05, 0.1) is 5.41 Å². The fourth-order valence-corrected chi connectivity index (χ4v) is 6.91. The summed E-state index contributed by atoms with van der Waals surface area (Å²) in [7, 11) is 0. The lowest BCUT2D eigenvalue weighted by Crippen LogP contribution is -2.59. The first-order valence-electron chi connectivity index (χ1n) is 15.9. The standard InChI is InChI=1S/C36H42F2N4O3/c1-2-39-34(44)36(23-25-10-5-3-6-11-25)18-9-19-42(24-36)33(43)32(21-26-14-17-30(37)31(38)20-26)41-35(45)40-29-16-15-28(22-29)27-12-7-4-8-13-27/h3-8,10-14,17,20,28-29,32H,2,9,15-16,18-19,21-24H2,1H3,(H,39,44)(H2,40,41,45)/t28?,29?,32?,36-/m0/s1. The summed E-state index contributed by atoms with van der Waals surface area (Å²) >= 11 is 0. The largest absolute Gasteiger partial charge is 0.356 e. The molecule has 3 aromatic carbocycles. The molecule has 2 aliphatic rings. The van der Waals surface area contributed by atoms with Crippen LogP contribution in [-0.4, -0.2) is 54.5 Å². The second kappa shape index (κ2) is 14.7. The number of urea groups is 1. The first kappa shape index (κ1) is 32.1. The zero-order valence-electron chi connectivity index (χ0n) is 25.7. The van der Waals surface area contributed by atoms with Gasteiger partial charge in [-0.25, -0.2) is 13.6 Å². The molecule has 0 radical (unpaired) electrons. The van der Waals surface area contributed by atoms with Crippen molar-refractivity contribution in [1.82, 2.24) is 20.9 Å². The monoisotopic (exact) mass is 616 g/mol. The number of nitrogens with zero attached hydrogens (tertiary/aromatic N) is 1. The van der Waals surface area contributed by atoms with E-state index in [4.69, 9.17) is 0 Å². The van der Waals surface area contributed by atoms with Crippen LogP contribution in [0, 0.1) is 17.0 Å². The molecule has 0 aromatic heterocycles. The van der Waals surface area contributed by atoms with Crippen LogP contribution >= 0.6 is 0 Å². The minimum atomic E-state index is -1.04. The lowest BCUT2D eigenvalue weighted by atomic mass is 9.74. The molecule has 1 aliphatic carbocycles. The topological polar surface area (TPSA) is 90.5 Å². The highest BCUT2D eigenvalue weighted by molar-refractivity contribution is 5.89. The van der Waals surface area contributed by atoms with Crippen molar-refractivity contribution in [3.8, 4) is 0 Å². The Morgan fingerprint density at radius 3 is 2.38 bits per heavy atom. The van der Waals surface area contributed by atoms with Crippen molar-refractivity contribution in [1.29, 1.82) is 0 Å². The van der Waals surface area contributed by atoms with E-state index in [1.54, 1.807) is 4.90 Å². The number of amides is 4. The number of benzene rings is 3. The normalized spacial score (nSPS) is 22.0. The van der Waals surface area contributed by atoms with E-state index < -0.39 is 29.1 Å². The average molecular weight is 617 g/mol. The number of rotatable bonds is 10. The fourth-order valence-electron chi connectivity index (χ4n) is 6.91. The van der Waals surface area contributed by atoms with Crippen LogP contribution in [0.1, 0.15) is 61.6 Å². The molecule has 5 rings (SSSR count). The highest BCUT2D eigenvalue weighted by atomic mass is 19.2. The maximum absolute atomic E-state index is 14.2. The van der Waals surface area contributed by atoms with Crippen LogP contribution in [0.4, 0.5) is 13.6 Å². The van der Waals surface area contributed by atoms with Gasteiger partial charge in [-0.3, -0.25) is 9.59 Å².